The Morgan fingerprint density at radius 1 is 1.00 bits per heavy atom. The van der Waals surface area contributed by atoms with E-state index in [1.165, 1.54) is 12.7 Å². The SMILES string of the molecule is c1cnnnc1.c1cocn1. The molecule has 56 valence electrons. The van der Waals surface area contributed by atoms with E-state index in [0.29, 0.717) is 0 Å². The van der Waals surface area contributed by atoms with Crippen molar-refractivity contribution in [3.63, 3.8) is 0 Å². The number of hydrogen-bond acceptors (Lipinski definition) is 5. The first-order valence-electron chi connectivity index (χ1n) is 2.90. The van der Waals surface area contributed by atoms with Crippen molar-refractivity contribution in [2.24, 2.45) is 0 Å². The standard InChI is InChI=1S/C3H3N3.C3H3NO/c1-2-4-6-5-3-1;1-2-5-3-4-1/h1-3H;1-3H. The molecule has 2 aromatic rings. The Morgan fingerprint density at radius 3 is 2.00 bits per heavy atom. The van der Waals surface area contributed by atoms with Crippen LogP contribution in [0.4, 0.5) is 0 Å². The third-order valence-corrected chi connectivity index (χ3v) is 0.756. The summed E-state index contributed by atoms with van der Waals surface area (Å²) in [7, 11) is 0. The van der Waals surface area contributed by atoms with E-state index < -0.39 is 0 Å². The topological polar surface area (TPSA) is 64.7 Å². The zero-order valence-corrected chi connectivity index (χ0v) is 5.66. The van der Waals surface area contributed by atoms with Crippen molar-refractivity contribution in [1.82, 2.24) is 20.4 Å². The van der Waals surface area contributed by atoms with E-state index in [0.717, 1.165) is 0 Å². The van der Waals surface area contributed by atoms with E-state index in [1.807, 2.05) is 0 Å². The Balaban J connectivity index is 0.000000112. The molecule has 0 saturated heterocycles. The molecular formula is C6H6N4O. The quantitative estimate of drug-likeness (QED) is 0.548. The highest BCUT2D eigenvalue weighted by atomic mass is 16.3. The summed E-state index contributed by atoms with van der Waals surface area (Å²) in [6, 6.07) is 1.72. The highest BCUT2D eigenvalue weighted by Gasteiger charge is 1.60. The average molecular weight is 150 g/mol. The summed E-state index contributed by atoms with van der Waals surface area (Å²) in [6.45, 7) is 0. The average Bonchev–Trinajstić information content (AvgIpc) is 2.64. The molecule has 0 aliphatic carbocycles. The molecule has 2 rings (SSSR count). The van der Waals surface area contributed by atoms with Gasteiger partial charge in [-0.05, 0) is 11.3 Å². The fourth-order valence-corrected chi connectivity index (χ4v) is 0.381. The van der Waals surface area contributed by atoms with Crippen LogP contribution < -0.4 is 0 Å². The van der Waals surface area contributed by atoms with Gasteiger partial charge in [-0.2, -0.15) is 0 Å². The Kier molecular flexibility index (Phi) is 3.36. The maximum absolute atomic E-state index is 4.47. The monoisotopic (exact) mass is 150 g/mol. The molecule has 0 fully saturated rings. The molecular weight excluding hydrogens is 144 g/mol. The lowest BCUT2D eigenvalue weighted by molar-refractivity contribution is 0.558. The zero-order chi connectivity index (χ0) is 7.78. The van der Waals surface area contributed by atoms with Crippen LogP contribution in [0.25, 0.3) is 0 Å². The van der Waals surface area contributed by atoms with Crippen LogP contribution in [-0.2, 0) is 0 Å². The summed E-state index contributed by atoms with van der Waals surface area (Å²) in [5, 5.41) is 10.1. The van der Waals surface area contributed by atoms with Crippen molar-refractivity contribution >= 4 is 0 Å². The predicted octanol–water partition coefficient (Wildman–Crippen LogP) is 0.546. The molecule has 0 spiro atoms. The molecule has 0 aromatic carbocycles. The number of oxazole rings is 1. The van der Waals surface area contributed by atoms with Gasteiger partial charge >= 0.3 is 0 Å². The minimum absolute atomic E-state index is 1.38. The smallest absolute Gasteiger partial charge is 0.180 e. The van der Waals surface area contributed by atoms with Gasteiger partial charge in [0.25, 0.3) is 0 Å². The lowest BCUT2D eigenvalue weighted by Crippen LogP contribution is -1.78. The van der Waals surface area contributed by atoms with Gasteiger partial charge < -0.3 is 4.42 Å². The maximum atomic E-state index is 4.47. The summed E-state index contributed by atoms with van der Waals surface area (Å²) in [5.74, 6) is 0. The Morgan fingerprint density at radius 2 is 1.82 bits per heavy atom. The van der Waals surface area contributed by atoms with Gasteiger partial charge in [0, 0.05) is 0 Å². The molecule has 0 aliphatic rings. The van der Waals surface area contributed by atoms with Crippen molar-refractivity contribution in [3.8, 4) is 0 Å². The van der Waals surface area contributed by atoms with Crippen molar-refractivity contribution < 1.29 is 4.42 Å². The second kappa shape index (κ2) is 5.04. The first-order valence-corrected chi connectivity index (χ1v) is 2.90. The van der Waals surface area contributed by atoms with Gasteiger partial charge in [-0.25, -0.2) is 4.98 Å². The van der Waals surface area contributed by atoms with E-state index in [-0.39, 0.29) is 0 Å². The number of hydrogen-bond donors (Lipinski definition) is 0. The van der Waals surface area contributed by atoms with Crippen LogP contribution in [0.2, 0.25) is 0 Å². The molecule has 11 heavy (non-hydrogen) atoms. The van der Waals surface area contributed by atoms with Crippen LogP contribution in [0.15, 0.2) is 41.7 Å². The molecule has 0 atom stereocenters. The molecule has 0 radical (unpaired) electrons. The second-order valence-electron chi connectivity index (χ2n) is 1.49. The number of nitrogens with zero attached hydrogens (tertiary/aromatic N) is 4. The second-order valence-corrected chi connectivity index (χ2v) is 1.49. The Bertz CT molecular complexity index is 200. The zero-order valence-electron chi connectivity index (χ0n) is 5.66. The fraction of sp³-hybridized carbons (Fsp3) is 0. The van der Waals surface area contributed by atoms with Crippen molar-refractivity contribution in [2.75, 3.05) is 0 Å². The van der Waals surface area contributed by atoms with Crippen molar-refractivity contribution in [1.29, 1.82) is 0 Å². The van der Waals surface area contributed by atoms with Gasteiger partial charge in [0.15, 0.2) is 6.39 Å². The summed E-state index contributed by atoms with van der Waals surface area (Å²) in [5.41, 5.74) is 0. The lowest BCUT2D eigenvalue weighted by atomic mass is 10.7. The summed E-state index contributed by atoms with van der Waals surface area (Å²) < 4.78 is 4.47. The summed E-state index contributed by atoms with van der Waals surface area (Å²) in [4.78, 5) is 3.56. The van der Waals surface area contributed by atoms with Crippen LogP contribution in [0.3, 0.4) is 0 Å². The lowest BCUT2D eigenvalue weighted by Gasteiger charge is -1.68. The van der Waals surface area contributed by atoms with E-state index in [9.17, 15) is 0 Å². The molecule has 5 nitrogen and oxygen atoms in total. The van der Waals surface area contributed by atoms with Crippen molar-refractivity contribution in [2.45, 2.75) is 0 Å². The van der Waals surface area contributed by atoms with E-state index >= 15 is 0 Å². The fourth-order valence-electron chi connectivity index (χ4n) is 0.381. The first kappa shape index (κ1) is 7.33. The van der Waals surface area contributed by atoms with Gasteiger partial charge in [-0.15, -0.1) is 10.2 Å². The Labute approximate surface area is 63.1 Å². The number of rotatable bonds is 0. The van der Waals surface area contributed by atoms with E-state index in [1.54, 1.807) is 24.7 Å². The summed E-state index contributed by atoms with van der Waals surface area (Å²) >= 11 is 0. The molecule has 5 heteroatoms. The van der Waals surface area contributed by atoms with Crippen LogP contribution >= 0.6 is 0 Å². The van der Waals surface area contributed by atoms with Crippen LogP contribution in [0.5, 0.6) is 0 Å². The normalized spacial score (nSPS) is 8.00. The van der Waals surface area contributed by atoms with Gasteiger partial charge in [-0.1, -0.05) is 0 Å². The highest BCUT2D eigenvalue weighted by molar-refractivity contribution is 4.69. The third-order valence-electron chi connectivity index (χ3n) is 0.756. The third kappa shape index (κ3) is 3.74. The van der Waals surface area contributed by atoms with Crippen LogP contribution in [-0.4, -0.2) is 20.4 Å². The van der Waals surface area contributed by atoms with Crippen molar-refractivity contribution in [3.05, 3.63) is 37.3 Å². The van der Waals surface area contributed by atoms with Gasteiger partial charge in [-0.3, -0.25) is 0 Å². The first-order chi connectivity index (χ1) is 5.50. The molecule has 0 saturated carbocycles. The van der Waals surface area contributed by atoms with Crippen LogP contribution in [0, 0.1) is 0 Å². The minimum atomic E-state index is 1.38. The molecule has 2 aromatic heterocycles. The molecule has 0 bridgehead atoms. The minimum Gasteiger partial charge on any atom is -0.452 e. The van der Waals surface area contributed by atoms with E-state index in [2.05, 4.69) is 24.8 Å². The molecule has 0 unspecified atom stereocenters. The highest BCUT2D eigenvalue weighted by Crippen LogP contribution is 1.72. The van der Waals surface area contributed by atoms with Gasteiger partial charge in [0.05, 0.1) is 18.6 Å². The Hall–Kier alpha value is -1.78. The van der Waals surface area contributed by atoms with Gasteiger partial charge in [0.1, 0.15) is 6.26 Å². The predicted molar refractivity (Wildman–Crippen MR) is 36.3 cm³/mol. The molecule has 0 N–H and O–H groups in total. The molecule has 2 heterocycles. The summed E-state index contributed by atoms with van der Waals surface area (Å²) in [6.07, 6.45) is 7.62. The molecule has 0 amide bonds. The van der Waals surface area contributed by atoms with Crippen LogP contribution in [0.1, 0.15) is 0 Å². The van der Waals surface area contributed by atoms with E-state index in [4.69, 9.17) is 0 Å². The maximum Gasteiger partial charge on any atom is 0.180 e. The molecule has 0 aliphatic heterocycles. The van der Waals surface area contributed by atoms with Gasteiger partial charge in [0.2, 0.25) is 0 Å². The largest absolute Gasteiger partial charge is 0.452 e. The number of aromatic nitrogens is 4.